The average molecular weight is 295 g/mol. The van der Waals surface area contributed by atoms with Gasteiger partial charge >= 0.3 is 0 Å². The summed E-state index contributed by atoms with van der Waals surface area (Å²) in [5, 5.41) is 2.84. The summed E-state index contributed by atoms with van der Waals surface area (Å²) in [6, 6.07) is 0. The van der Waals surface area contributed by atoms with Gasteiger partial charge in [0.25, 0.3) is 0 Å². The minimum Gasteiger partial charge on any atom is -0.494 e. The lowest BCUT2D eigenvalue weighted by molar-refractivity contribution is -0.122. The van der Waals surface area contributed by atoms with Crippen LogP contribution in [-0.2, 0) is 19.1 Å². The highest BCUT2D eigenvalue weighted by molar-refractivity contribution is 5.77. The molecule has 5 heteroatoms. The third-order valence-electron chi connectivity index (χ3n) is 3.40. The van der Waals surface area contributed by atoms with Crippen LogP contribution in [0.3, 0.4) is 0 Å². The number of methoxy groups -OCH3 is 1. The van der Waals surface area contributed by atoms with Gasteiger partial charge in [-0.25, -0.2) is 0 Å². The summed E-state index contributed by atoms with van der Waals surface area (Å²) in [7, 11) is 1.65. The van der Waals surface area contributed by atoms with Crippen molar-refractivity contribution in [3.63, 3.8) is 0 Å². The molecule has 1 N–H and O–H groups in total. The fourth-order valence-electron chi connectivity index (χ4n) is 2.27. The maximum atomic E-state index is 11.4. The molecule has 5 nitrogen and oxygen atoms in total. The number of hydrogen-bond donors (Lipinski definition) is 1. The lowest BCUT2D eigenvalue weighted by Gasteiger charge is -2.13. The van der Waals surface area contributed by atoms with Crippen LogP contribution in [0.4, 0.5) is 0 Å². The Kier molecular flexibility index (Phi) is 8.24. The van der Waals surface area contributed by atoms with Crippen molar-refractivity contribution in [2.24, 2.45) is 5.92 Å². The van der Waals surface area contributed by atoms with Crippen molar-refractivity contribution in [2.45, 2.75) is 39.0 Å². The Morgan fingerprint density at radius 1 is 1.52 bits per heavy atom. The van der Waals surface area contributed by atoms with Gasteiger partial charge in [0.2, 0.25) is 5.91 Å². The Balaban J connectivity index is 2.36. The Bertz CT molecular complexity index is 401. The van der Waals surface area contributed by atoms with Crippen LogP contribution in [0.2, 0.25) is 0 Å². The van der Waals surface area contributed by atoms with E-state index in [1.54, 1.807) is 7.11 Å². The normalized spacial score (nSPS) is 18.1. The van der Waals surface area contributed by atoms with Gasteiger partial charge in [-0.2, -0.15) is 0 Å². The van der Waals surface area contributed by atoms with Crippen molar-refractivity contribution in [1.82, 2.24) is 5.32 Å². The van der Waals surface area contributed by atoms with Crippen LogP contribution in [0.1, 0.15) is 39.0 Å². The first-order valence-electron chi connectivity index (χ1n) is 7.49. The number of carbonyl (C=O) groups excluding carboxylic acids is 2. The van der Waals surface area contributed by atoms with Crippen LogP contribution in [0.15, 0.2) is 23.7 Å². The quantitative estimate of drug-likeness (QED) is 0.663. The fraction of sp³-hybridized carbons (Fsp3) is 0.625. The summed E-state index contributed by atoms with van der Waals surface area (Å²) >= 11 is 0. The standard InChI is InChI=1S/C16H25NO4/c1-3-21-15-9-7-13(6-8-14(15)20-2)10-11-17-16(19)5-4-12-18/h6,8,12-13H,3-5,7,9-11H2,1-2H3,(H,17,19). The van der Waals surface area contributed by atoms with E-state index in [-0.39, 0.29) is 18.7 Å². The molecule has 0 aromatic rings. The highest BCUT2D eigenvalue weighted by atomic mass is 16.5. The molecule has 1 rings (SSSR count). The second-order valence-electron chi connectivity index (χ2n) is 4.93. The predicted molar refractivity (Wildman–Crippen MR) is 80.4 cm³/mol. The van der Waals surface area contributed by atoms with Crippen molar-refractivity contribution < 1.29 is 19.1 Å². The predicted octanol–water partition coefficient (Wildman–Crippen LogP) is 2.33. The number of carbonyl (C=O) groups is 2. The van der Waals surface area contributed by atoms with Gasteiger partial charge in [-0.1, -0.05) is 6.08 Å². The number of allylic oxidation sites excluding steroid dienone is 3. The molecule has 0 heterocycles. The summed E-state index contributed by atoms with van der Waals surface area (Å²) in [4.78, 5) is 21.6. The molecule has 1 aliphatic rings. The second-order valence-corrected chi connectivity index (χ2v) is 4.93. The highest BCUT2D eigenvalue weighted by Crippen LogP contribution is 2.25. The Morgan fingerprint density at radius 3 is 3.00 bits per heavy atom. The molecule has 0 bridgehead atoms. The van der Waals surface area contributed by atoms with E-state index >= 15 is 0 Å². The molecular formula is C16H25NO4. The van der Waals surface area contributed by atoms with Crippen molar-refractivity contribution in [1.29, 1.82) is 0 Å². The molecule has 0 aliphatic heterocycles. The lowest BCUT2D eigenvalue weighted by Crippen LogP contribution is -2.25. The van der Waals surface area contributed by atoms with Gasteiger partial charge in [0.1, 0.15) is 12.0 Å². The lowest BCUT2D eigenvalue weighted by atomic mass is 10.00. The van der Waals surface area contributed by atoms with Gasteiger partial charge in [-0.3, -0.25) is 4.79 Å². The average Bonchev–Trinajstić information content (AvgIpc) is 2.68. The van der Waals surface area contributed by atoms with Gasteiger partial charge in [-0.15, -0.1) is 0 Å². The molecule has 1 unspecified atom stereocenters. The second kappa shape index (κ2) is 10.0. The first-order chi connectivity index (χ1) is 10.2. The molecular weight excluding hydrogens is 270 g/mol. The van der Waals surface area contributed by atoms with Crippen molar-refractivity contribution in [3.05, 3.63) is 23.7 Å². The van der Waals surface area contributed by atoms with E-state index in [2.05, 4.69) is 11.4 Å². The van der Waals surface area contributed by atoms with E-state index in [0.29, 0.717) is 19.1 Å². The Morgan fingerprint density at radius 2 is 2.33 bits per heavy atom. The largest absolute Gasteiger partial charge is 0.494 e. The smallest absolute Gasteiger partial charge is 0.220 e. The SMILES string of the molecule is CCOC1=C(OC)C=CC(CCNC(=O)CCC=O)CC1. The Labute approximate surface area is 126 Å². The van der Waals surface area contributed by atoms with Crippen molar-refractivity contribution in [3.8, 4) is 0 Å². The molecule has 0 aromatic carbocycles. The molecule has 1 aliphatic carbocycles. The van der Waals surface area contributed by atoms with Gasteiger partial charge in [0.15, 0.2) is 5.76 Å². The van der Waals surface area contributed by atoms with E-state index in [4.69, 9.17) is 9.47 Å². The van der Waals surface area contributed by atoms with E-state index < -0.39 is 0 Å². The minimum absolute atomic E-state index is 0.0644. The molecule has 118 valence electrons. The third-order valence-corrected chi connectivity index (χ3v) is 3.40. The number of ether oxygens (including phenoxy) is 2. The Hall–Kier alpha value is -1.78. The first kappa shape index (κ1) is 17.3. The van der Waals surface area contributed by atoms with Crippen molar-refractivity contribution >= 4 is 12.2 Å². The van der Waals surface area contributed by atoms with Gasteiger partial charge in [-0.05, 0) is 31.8 Å². The van der Waals surface area contributed by atoms with Crippen LogP contribution >= 0.6 is 0 Å². The molecule has 1 amide bonds. The van der Waals surface area contributed by atoms with Crippen LogP contribution in [0, 0.1) is 5.92 Å². The molecule has 1 atom stereocenters. The molecule has 0 saturated carbocycles. The van der Waals surface area contributed by atoms with Crippen LogP contribution in [-0.4, -0.2) is 32.5 Å². The van der Waals surface area contributed by atoms with Gasteiger partial charge < -0.3 is 19.6 Å². The third kappa shape index (κ3) is 6.47. The van der Waals surface area contributed by atoms with E-state index in [1.807, 2.05) is 13.0 Å². The highest BCUT2D eigenvalue weighted by Gasteiger charge is 2.15. The maximum Gasteiger partial charge on any atom is 0.220 e. The van der Waals surface area contributed by atoms with Gasteiger partial charge in [0, 0.05) is 25.8 Å². The molecule has 0 radical (unpaired) electrons. The summed E-state index contributed by atoms with van der Waals surface area (Å²) in [6.07, 6.45) is 8.08. The van der Waals surface area contributed by atoms with E-state index in [0.717, 1.165) is 37.1 Å². The zero-order chi connectivity index (χ0) is 15.5. The summed E-state index contributed by atoms with van der Waals surface area (Å²) in [5.41, 5.74) is 0. The molecule has 0 aromatic heterocycles. The molecule has 21 heavy (non-hydrogen) atoms. The van der Waals surface area contributed by atoms with E-state index in [1.165, 1.54) is 0 Å². The summed E-state index contributed by atoms with van der Waals surface area (Å²) in [6.45, 7) is 3.22. The van der Waals surface area contributed by atoms with Crippen LogP contribution < -0.4 is 5.32 Å². The number of aldehydes is 1. The molecule has 0 saturated heterocycles. The zero-order valence-corrected chi connectivity index (χ0v) is 12.9. The molecule has 0 fully saturated rings. The van der Waals surface area contributed by atoms with Crippen LogP contribution in [0.25, 0.3) is 0 Å². The monoisotopic (exact) mass is 295 g/mol. The summed E-state index contributed by atoms with van der Waals surface area (Å²) < 4.78 is 10.9. The van der Waals surface area contributed by atoms with Crippen LogP contribution in [0.5, 0.6) is 0 Å². The zero-order valence-electron chi connectivity index (χ0n) is 12.9. The summed E-state index contributed by atoms with van der Waals surface area (Å²) in [5.74, 6) is 2.01. The minimum atomic E-state index is -0.0644. The van der Waals surface area contributed by atoms with Crippen molar-refractivity contribution in [2.75, 3.05) is 20.3 Å². The number of hydrogen-bond acceptors (Lipinski definition) is 4. The topological polar surface area (TPSA) is 64.6 Å². The van der Waals surface area contributed by atoms with Gasteiger partial charge in [0.05, 0.1) is 13.7 Å². The number of amides is 1. The van der Waals surface area contributed by atoms with E-state index in [9.17, 15) is 9.59 Å². The molecule has 0 spiro atoms. The first-order valence-corrected chi connectivity index (χ1v) is 7.49. The maximum absolute atomic E-state index is 11.4. The number of rotatable bonds is 9. The fourth-order valence-corrected chi connectivity index (χ4v) is 2.27. The number of nitrogens with one attached hydrogen (secondary N) is 1.